The zero-order chi connectivity index (χ0) is 31.1. The molecule has 0 unspecified atom stereocenters. The van der Waals surface area contributed by atoms with E-state index in [4.69, 9.17) is 10.5 Å². The topological polar surface area (TPSA) is 117 Å². The van der Waals surface area contributed by atoms with Gasteiger partial charge in [-0.1, -0.05) is 26.0 Å². The molecule has 2 saturated heterocycles. The smallest absolute Gasteiger partial charge is 0.253 e. The molecule has 2 aromatic rings. The van der Waals surface area contributed by atoms with Crippen molar-refractivity contribution in [2.75, 3.05) is 43.9 Å². The third-order valence-corrected chi connectivity index (χ3v) is 8.64. The lowest BCUT2D eigenvalue weighted by molar-refractivity contribution is -0.137. The van der Waals surface area contributed by atoms with Gasteiger partial charge in [0.25, 0.3) is 5.91 Å². The number of hydrogen-bond acceptors (Lipinski definition) is 7. The first-order valence-electron chi connectivity index (χ1n) is 14.3. The van der Waals surface area contributed by atoms with Crippen LogP contribution in [0.1, 0.15) is 31.4 Å². The average molecular weight is 622 g/mol. The number of nitrogens with two attached hydrogens (primary N) is 1. The second-order valence-corrected chi connectivity index (χ2v) is 12.2. The molecule has 13 heteroatoms. The molecule has 4 rings (SSSR count). The highest BCUT2D eigenvalue weighted by Crippen LogP contribution is 2.26. The van der Waals surface area contributed by atoms with Gasteiger partial charge in [0.2, 0.25) is 11.8 Å². The van der Waals surface area contributed by atoms with E-state index in [-0.39, 0.29) is 54.6 Å². The number of halogens is 3. The van der Waals surface area contributed by atoms with Gasteiger partial charge >= 0.3 is 0 Å². The molecule has 0 aliphatic carbocycles. The number of anilines is 1. The van der Waals surface area contributed by atoms with E-state index in [0.717, 1.165) is 17.3 Å². The Labute approximate surface area is 253 Å². The summed E-state index contributed by atoms with van der Waals surface area (Å²) in [6.45, 7) is 6.82. The van der Waals surface area contributed by atoms with Crippen LogP contribution >= 0.6 is 11.8 Å². The van der Waals surface area contributed by atoms with Crippen molar-refractivity contribution >= 4 is 35.2 Å². The van der Waals surface area contributed by atoms with Gasteiger partial charge in [-0.25, -0.2) is 13.2 Å². The van der Waals surface area contributed by atoms with E-state index in [0.29, 0.717) is 44.7 Å². The lowest BCUT2D eigenvalue weighted by atomic mass is 10.0. The second-order valence-electron chi connectivity index (χ2n) is 11.1. The van der Waals surface area contributed by atoms with Gasteiger partial charge in [0.1, 0.15) is 11.9 Å². The van der Waals surface area contributed by atoms with Crippen LogP contribution in [0.2, 0.25) is 0 Å². The number of carbonyl (C=O) groups excluding carboxylic acids is 3. The van der Waals surface area contributed by atoms with Gasteiger partial charge in [0.15, 0.2) is 17.0 Å². The molecule has 2 fully saturated rings. The molecular weight excluding hydrogens is 583 g/mol. The molecule has 234 valence electrons. The molecule has 0 radical (unpaired) electrons. The van der Waals surface area contributed by atoms with Crippen LogP contribution in [0.5, 0.6) is 0 Å². The number of thioether (sulfide) groups is 1. The maximum Gasteiger partial charge on any atom is 0.253 e. The van der Waals surface area contributed by atoms with Crippen LogP contribution in [0, 0.1) is 23.4 Å². The number of nitrogens with zero attached hydrogens (tertiary/aromatic N) is 2. The maximum absolute atomic E-state index is 14.0. The van der Waals surface area contributed by atoms with E-state index in [9.17, 15) is 27.6 Å². The van der Waals surface area contributed by atoms with Gasteiger partial charge in [0, 0.05) is 56.1 Å². The molecule has 2 aromatic carbocycles. The van der Waals surface area contributed by atoms with Gasteiger partial charge in [-0.2, -0.15) is 0 Å². The molecule has 0 bridgehead atoms. The first-order valence-corrected chi connectivity index (χ1v) is 15.4. The van der Waals surface area contributed by atoms with Crippen molar-refractivity contribution in [2.45, 2.75) is 50.7 Å². The van der Waals surface area contributed by atoms with Crippen LogP contribution < -0.4 is 16.4 Å². The first-order chi connectivity index (χ1) is 20.5. The Balaban J connectivity index is 1.27. The summed E-state index contributed by atoms with van der Waals surface area (Å²) in [5, 5.41) is 5.47. The van der Waals surface area contributed by atoms with Gasteiger partial charge < -0.3 is 30.9 Å². The fraction of sp³-hybridized carbons (Fsp3) is 0.500. The van der Waals surface area contributed by atoms with Crippen molar-refractivity contribution in [3.05, 3.63) is 65.0 Å². The van der Waals surface area contributed by atoms with Crippen LogP contribution in [-0.4, -0.2) is 83.6 Å². The van der Waals surface area contributed by atoms with Crippen molar-refractivity contribution in [2.24, 2.45) is 11.7 Å². The van der Waals surface area contributed by atoms with E-state index in [1.54, 1.807) is 0 Å². The lowest BCUT2D eigenvalue weighted by Crippen LogP contribution is -2.49. The highest BCUT2D eigenvalue weighted by atomic mass is 32.2. The summed E-state index contributed by atoms with van der Waals surface area (Å²) in [7, 11) is 0. The van der Waals surface area contributed by atoms with Crippen LogP contribution in [0.15, 0.2) is 36.4 Å². The molecule has 4 N–H and O–H groups in total. The van der Waals surface area contributed by atoms with Gasteiger partial charge in [0.05, 0.1) is 13.2 Å². The SMILES string of the molecule is CC(C)[C@H](Nc1ccc(CNC(=O)[C@@H]2SCCN2C(=O)C[C@H](N)Cc2cc(F)c(F)cc2F)cc1)C(=O)N1CCOCC1. The number of rotatable bonds is 11. The minimum Gasteiger partial charge on any atom is -0.378 e. The summed E-state index contributed by atoms with van der Waals surface area (Å²) in [5.74, 6) is -3.43. The predicted octanol–water partition coefficient (Wildman–Crippen LogP) is 2.88. The third kappa shape index (κ3) is 8.64. The maximum atomic E-state index is 14.0. The number of morpholine rings is 1. The number of amides is 3. The van der Waals surface area contributed by atoms with Crippen molar-refractivity contribution in [1.29, 1.82) is 0 Å². The van der Waals surface area contributed by atoms with Crippen molar-refractivity contribution in [1.82, 2.24) is 15.1 Å². The zero-order valence-corrected chi connectivity index (χ0v) is 25.1. The molecule has 3 amide bonds. The third-order valence-electron chi connectivity index (χ3n) is 7.44. The van der Waals surface area contributed by atoms with Crippen LogP contribution in [-0.2, 0) is 32.1 Å². The number of benzene rings is 2. The standard InChI is InChI=1S/C30H38F3N5O4S/c1-18(2)27(29(41)37-7-10-42-11-8-37)36-22-5-3-19(4-6-22)17-35-28(40)30-38(9-12-43-30)26(39)15-21(34)13-20-14-24(32)25(33)16-23(20)31/h3-6,14,16,18,21,27,30,36H,7-13,15,17,34H2,1-2H3,(H,35,40)/t21-,27+,30+/m1/s1. The number of nitrogens with one attached hydrogen (secondary N) is 2. The Morgan fingerprint density at radius 2 is 1.70 bits per heavy atom. The predicted molar refractivity (Wildman–Crippen MR) is 159 cm³/mol. The largest absolute Gasteiger partial charge is 0.378 e. The molecule has 2 aliphatic heterocycles. The molecule has 3 atom stereocenters. The molecule has 9 nitrogen and oxygen atoms in total. The highest BCUT2D eigenvalue weighted by Gasteiger charge is 2.35. The van der Waals surface area contributed by atoms with Crippen LogP contribution in [0.4, 0.5) is 18.9 Å². The van der Waals surface area contributed by atoms with Gasteiger partial charge in [-0.3, -0.25) is 14.4 Å². The van der Waals surface area contributed by atoms with Gasteiger partial charge in [-0.05, 0) is 41.7 Å². The minimum absolute atomic E-state index is 0.0419. The Kier molecular flexibility index (Phi) is 11.3. The number of ether oxygens (including phenoxy) is 1. The first kappa shape index (κ1) is 32.6. The Morgan fingerprint density at radius 3 is 2.37 bits per heavy atom. The van der Waals surface area contributed by atoms with Crippen molar-refractivity contribution in [3.8, 4) is 0 Å². The van der Waals surface area contributed by atoms with E-state index < -0.39 is 28.9 Å². The zero-order valence-electron chi connectivity index (χ0n) is 24.3. The quantitative estimate of drug-likeness (QED) is 0.331. The van der Waals surface area contributed by atoms with E-state index in [2.05, 4.69) is 10.6 Å². The average Bonchev–Trinajstić information content (AvgIpc) is 3.48. The summed E-state index contributed by atoms with van der Waals surface area (Å²) in [4.78, 5) is 42.2. The van der Waals surface area contributed by atoms with E-state index >= 15 is 0 Å². The highest BCUT2D eigenvalue weighted by molar-refractivity contribution is 8.00. The summed E-state index contributed by atoms with van der Waals surface area (Å²) in [6, 6.07) is 7.43. The lowest BCUT2D eigenvalue weighted by Gasteiger charge is -2.32. The number of hydrogen-bond donors (Lipinski definition) is 3. The summed E-state index contributed by atoms with van der Waals surface area (Å²) in [5.41, 5.74) is 7.55. The van der Waals surface area contributed by atoms with Crippen molar-refractivity contribution < 1.29 is 32.3 Å². The van der Waals surface area contributed by atoms with Crippen LogP contribution in [0.3, 0.4) is 0 Å². The summed E-state index contributed by atoms with van der Waals surface area (Å²) in [6.07, 6.45) is -0.334. The monoisotopic (exact) mass is 621 g/mol. The molecule has 2 heterocycles. The molecule has 2 aliphatic rings. The second kappa shape index (κ2) is 14.9. The van der Waals surface area contributed by atoms with Crippen molar-refractivity contribution in [3.63, 3.8) is 0 Å². The van der Waals surface area contributed by atoms with E-state index in [1.165, 1.54) is 16.7 Å². The Bertz CT molecular complexity index is 1290. The fourth-order valence-electron chi connectivity index (χ4n) is 5.03. The summed E-state index contributed by atoms with van der Waals surface area (Å²) < 4.78 is 46.1. The molecule has 0 saturated carbocycles. The number of carbonyl (C=O) groups is 3. The Hall–Kier alpha value is -3.29. The van der Waals surface area contributed by atoms with E-state index in [1.807, 2.05) is 43.0 Å². The summed E-state index contributed by atoms with van der Waals surface area (Å²) >= 11 is 1.33. The molecule has 43 heavy (non-hydrogen) atoms. The Morgan fingerprint density at radius 1 is 1.02 bits per heavy atom. The molecule has 0 aromatic heterocycles. The van der Waals surface area contributed by atoms with Crippen LogP contribution in [0.25, 0.3) is 0 Å². The molecular formula is C30H38F3N5O4S. The normalized spacial score (nSPS) is 18.4. The van der Waals surface area contributed by atoms with Gasteiger partial charge in [-0.15, -0.1) is 11.8 Å². The molecule has 0 spiro atoms. The fourth-order valence-corrected chi connectivity index (χ4v) is 6.19. The minimum atomic E-state index is -1.29.